The van der Waals surface area contributed by atoms with E-state index in [0.29, 0.717) is 6.54 Å². The molecule has 0 bridgehead atoms. The molecule has 5 nitrogen and oxygen atoms in total. The number of hydrogen-bond donors (Lipinski definition) is 1. The molecule has 1 aliphatic heterocycles. The van der Waals surface area contributed by atoms with E-state index in [-0.39, 0.29) is 5.91 Å². The second-order valence-electron chi connectivity index (χ2n) is 5.89. The monoisotopic (exact) mass is 364 g/mol. The predicted octanol–water partition coefficient (Wildman–Crippen LogP) is 2.92. The maximum atomic E-state index is 10.7. The van der Waals surface area contributed by atoms with Crippen LogP contribution in [0.15, 0.2) is 40.6 Å². The number of nitrogens with zero attached hydrogens (tertiary/aromatic N) is 1. The summed E-state index contributed by atoms with van der Waals surface area (Å²) >= 11 is 1.67. The molecule has 0 unspecified atom stereocenters. The fourth-order valence-corrected chi connectivity index (χ4v) is 3.13. The van der Waals surface area contributed by atoms with Gasteiger partial charge < -0.3 is 14.8 Å². The van der Waals surface area contributed by atoms with Crippen LogP contribution in [0, 0.1) is 0 Å². The van der Waals surface area contributed by atoms with Crippen LogP contribution in [0.3, 0.4) is 0 Å². The van der Waals surface area contributed by atoms with Crippen LogP contribution in [0.2, 0.25) is 0 Å². The van der Waals surface area contributed by atoms with Gasteiger partial charge in [-0.25, -0.2) is 0 Å². The number of benzene rings is 1. The Bertz CT molecular complexity index is 528. The van der Waals surface area contributed by atoms with Crippen LogP contribution in [0.5, 0.6) is 5.75 Å². The molecular formula is C19H28N2O3S. The van der Waals surface area contributed by atoms with Crippen molar-refractivity contribution in [3.63, 3.8) is 0 Å². The highest BCUT2D eigenvalue weighted by molar-refractivity contribution is 8.02. The Kier molecular flexibility index (Phi) is 9.47. The van der Waals surface area contributed by atoms with Crippen molar-refractivity contribution < 1.29 is 14.3 Å². The number of morpholine rings is 1. The molecule has 1 heterocycles. The van der Waals surface area contributed by atoms with Crippen LogP contribution in [0.1, 0.15) is 19.8 Å². The third kappa shape index (κ3) is 8.95. The van der Waals surface area contributed by atoms with Crippen LogP contribution in [0.25, 0.3) is 0 Å². The van der Waals surface area contributed by atoms with Crippen molar-refractivity contribution in [1.82, 2.24) is 10.2 Å². The lowest BCUT2D eigenvalue weighted by Gasteiger charge is -2.26. The summed E-state index contributed by atoms with van der Waals surface area (Å²) in [5.41, 5.74) is 0. The number of ether oxygens (including phenoxy) is 2. The van der Waals surface area contributed by atoms with Crippen LogP contribution >= 0.6 is 11.8 Å². The Morgan fingerprint density at radius 1 is 1.32 bits per heavy atom. The smallest absolute Gasteiger partial charge is 0.216 e. The van der Waals surface area contributed by atoms with Crippen molar-refractivity contribution in [2.24, 2.45) is 0 Å². The first kappa shape index (κ1) is 19.8. The van der Waals surface area contributed by atoms with E-state index in [1.807, 2.05) is 12.1 Å². The van der Waals surface area contributed by atoms with E-state index in [9.17, 15) is 4.79 Å². The predicted molar refractivity (Wildman–Crippen MR) is 102 cm³/mol. The summed E-state index contributed by atoms with van der Waals surface area (Å²) < 4.78 is 11.2. The standard InChI is InChI=1S/C19H28N2O3S/c1-17(22)20-9-2-3-16-25-19-7-5-18(6-8-19)24-13-4-10-21-11-14-23-15-12-21/h3,5-8,16H,2,4,9-15H2,1H3,(H,20,22)/b16-3+. The molecule has 0 aliphatic carbocycles. The van der Waals surface area contributed by atoms with Crippen LogP contribution in [0.4, 0.5) is 0 Å². The maximum absolute atomic E-state index is 10.7. The average Bonchev–Trinajstić information content (AvgIpc) is 2.63. The minimum Gasteiger partial charge on any atom is -0.494 e. The first-order chi connectivity index (χ1) is 12.2. The van der Waals surface area contributed by atoms with E-state index in [0.717, 1.165) is 58.0 Å². The average molecular weight is 365 g/mol. The summed E-state index contributed by atoms with van der Waals surface area (Å²) in [7, 11) is 0. The second-order valence-corrected chi connectivity index (χ2v) is 6.87. The Morgan fingerprint density at radius 3 is 2.80 bits per heavy atom. The fraction of sp³-hybridized carbons (Fsp3) is 0.526. The zero-order valence-electron chi connectivity index (χ0n) is 14.9. The molecule has 1 amide bonds. The summed E-state index contributed by atoms with van der Waals surface area (Å²) in [6.45, 7) is 7.79. The number of nitrogens with one attached hydrogen (secondary N) is 1. The van der Waals surface area contributed by atoms with E-state index >= 15 is 0 Å². The largest absolute Gasteiger partial charge is 0.494 e. The van der Waals surface area contributed by atoms with Crippen molar-refractivity contribution in [3.8, 4) is 5.75 Å². The lowest BCUT2D eigenvalue weighted by atomic mass is 10.3. The van der Waals surface area contributed by atoms with Gasteiger partial charge in [0.15, 0.2) is 0 Å². The number of thioether (sulfide) groups is 1. The summed E-state index contributed by atoms with van der Waals surface area (Å²) in [6, 6.07) is 8.17. The van der Waals surface area contributed by atoms with Gasteiger partial charge in [0.25, 0.3) is 0 Å². The van der Waals surface area contributed by atoms with Gasteiger partial charge in [0.1, 0.15) is 5.75 Å². The third-order valence-corrected chi connectivity index (χ3v) is 4.67. The molecule has 6 heteroatoms. The van der Waals surface area contributed by atoms with E-state index < -0.39 is 0 Å². The van der Waals surface area contributed by atoms with Gasteiger partial charge in [-0.05, 0) is 42.5 Å². The topological polar surface area (TPSA) is 50.8 Å². The van der Waals surface area contributed by atoms with Crippen molar-refractivity contribution in [1.29, 1.82) is 0 Å². The number of amides is 1. The van der Waals surface area contributed by atoms with Gasteiger partial charge in [0.2, 0.25) is 5.91 Å². The van der Waals surface area contributed by atoms with Crippen LogP contribution in [-0.2, 0) is 9.53 Å². The van der Waals surface area contributed by atoms with Gasteiger partial charge in [-0.3, -0.25) is 9.69 Å². The minimum absolute atomic E-state index is 0.0154. The Morgan fingerprint density at radius 2 is 2.08 bits per heavy atom. The van der Waals surface area contributed by atoms with Gasteiger partial charge in [-0.1, -0.05) is 17.8 Å². The van der Waals surface area contributed by atoms with Crippen molar-refractivity contribution in [3.05, 3.63) is 35.7 Å². The summed E-state index contributed by atoms with van der Waals surface area (Å²) in [6.07, 6.45) is 3.95. The zero-order chi connectivity index (χ0) is 17.7. The molecule has 1 saturated heterocycles. The molecule has 1 aliphatic rings. The number of carbonyl (C=O) groups is 1. The molecule has 138 valence electrons. The summed E-state index contributed by atoms with van der Waals surface area (Å²) in [5, 5.41) is 4.83. The van der Waals surface area contributed by atoms with E-state index in [2.05, 4.69) is 33.8 Å². The number of carbonyl (C=O) groups excluding carboxylic acids is 1. The number of hydrogen-bond acceptors (Lipinski definition) is 5. The van der Waals surface area contributed by atoms with Crippen molar-refractivity contribution in [2.75, 3.05) is 46.0 Å². The molecule has 0 aromatic heterocycles. The molecule has 0 atom stereocenters. The van der Waals surface area contributed by atoms with Gasteiger partial charge in [-0.2, -0.15) is 0 Å². The third-order valence-electron chi connectivity index (χ3n) is 3.80. The molecule has 0 radical (unpaired) electrons. The summed E-state index contributed by atoms with van der Waals surface area (Å²) in [4.78, 5) is 14.3. The summed E-state index contributed by atoms with van der Waals surface area (Å²) in [5.74, 6) is 0.933. The first-order valence-electron chi connectivity index (χ1n) is 8.83. The highest BCUT2D eigenvalue weighted by Crippen LogP contribution is 2.22. The molecule has 1 aromatic rings. The molecule has 0 saturated carbocycles. The molecule has 1 fully saturated rings. The molecule has 1 N–H and O–H groups in total. The minimum atomic E-state index is 0.0154. The molecule has 0 spiro atoms. The molecule has 1 aromatic carbocycles. The highest BCUT2D eigenvalue weighted by atomic mass is 32.2. The van der Waals surface area contributed by atoms with Crippen molar-refractivity contribution in [2.45, 2.75) is 24.7 Å². The molecule has 2 rings (SSSR count). The number of rotatable bonds is 10. The quantitative estimate of drug-likeness (QED) is 0.511. The lowest BCUT2D eigenvalue weighted by molar-refractivity contribution is -0.118. The van der Waals surface area contributed by atoms with E-state index in [4.69, 9.17) is 9.47 Å². The first-order valence-corrected chi connectivity index (χ1v) is 9.71. The van der Waals surface area contributed by atoms with Gasteiger partial charge in [-0.15, -0.1) is 0 Å². The molecular weight excluding hydrogens is 336 g/mol. The SMILES string of the molecule is CC(=O)NCC/C=C/Sc1ccc(OCCCN2CCOCC2)cc1. The Balaban J connectivity index is 1.57. The van der Waals surface area contributed by atoms with Gasteiger partial charge in [0, 0.05) is 38.0 Å². The highest BCUT2D eigenvalue weighted by Gasteiger charge is 2.09. The van der Waals surface area contributed by atoms with E-state index in [1.165, 1.54) is 11.8 Å². The fourth-order valence-electron chi connectivity index (χ4n) is 2.44. The Labute approximate surface area is 154 Å². The van der Waals surface area contributed by atoms with E-state index in [1.54, 1.807) is 11.8 Å². The lowest BCUT2D eigenvalue weighted by Crippen LogP contribution is -2.37. The normalized spacial score (nSPS) is 15.4. The van der Waals surface area contributed by atoms with Gasteiger partial charge >= 0.3 is 0 Å². The second kappa shape index (κ2) is 12.0. The zero-order valence-corrected chi connectivity index (χ0v) is 15.7. The molecule has 25 heavy (non-hydrogen) atoms. The maximum Gasteiger partial charge on any atom is 0.216 e. The van der Waals surface area contributed by atoms with Crippen molar-refractivity contribution >= 4 is 17.7 Å². The van der Waals surface area contributed by atoms with Gasteiger partial charge in [0.05, 0.1) is 19.8 Å². The van der Waals surface area contributed by atoms with Crippen LogP contribution < -0.4 is 10.1 Å². The Hall–Kier alpha value is -1.50. The van der Waals surface area contributed by atoms with Crippen LogP contribution in [-0.4, -0.2) is 56.8 Å².